The van der Waals surface area contributed by atoms with Crippen LogP contribution in [0.4, 0.5) is 0 Å². The van der Waals surface area contributed by atoms with Gasteiger partial charge in [0.1, 0.15) is 11.5 Å². The maximum atomic E-state index is 13.0. The lowest BCUT2D eigenvalue weighted by Gasteiger charge is -2.32. The number of hydrogen-bond donors (Lipinski definition) is 2. The molecule has 6 heteroatoms. The number of carbonyl (C=O) groups is 2. The van der Waals surface area contributed by atoms with Crippen molar-refractivity contribution in [3.05, 3.63) is 22.7 Å². The average Bonchev–Trinajstić information content (AvgIpc) is 2.69. The van der Waals surface area contributed by atoms with Gasteiger partial charge in [-0.3, -0.25) is 19.6 Å². The van der Waals surface area contributed by atoms with Crippen molar-refractivity contribution in [3.8, 4) is 0 Å². The fourth-order valence-electron chi connectivity index (χ4n) is 4.65. The van der Waals surface area contributed by atoms with Gasteiger partial charge in [-0.25, -0.2) is 0 Å². The third-order valence-corrected chi connectivity index (χ3v) is 6.81. The maximum Gasteiger partial charge on any atom is 0.168 e. The SMILES string of the molecule is CCC(C)N=C1CC(C)(C)CC(=O)C1=C(O)CCC(O)=C1C(=O)CC(C)(C)CC1=NC(C)CC. The summed E-state index contributed by atoms with van der Waals surface area (Å²) in [7, 11) is 0. The summed E-state index contributed by atoms with van der Waals surface area (Å²) in [6, 6.07) is 0.107. The van der Waals surface area contributed by atoms with E-state index in [-0.39, 0.29) is 58.8 Å². The van der Waals surface area contributed by atoms with Crippen LogP contribution in [-0.4, -0.2) is 45.3 Å². The van der Waals surface area contributed by atoms with Gasteiger partial charge in [0.25, 0.3) is 0 Å². The Morgan fingerprint density at radius 3 is 1.35 bits per heavy atom. The molecule has 2 fully saturated rings. The van der Waals surface area contributed by atoms with Crippen LogP contribution in [0.5, 0.6) is 0 Å². The van der Waals surface area contributed by atoms with Gasteiger partial charge >= 0.3 is 0 Å². The summed E-state index contributed by atoms with van der Waals surface area (Å²) in [5, 5.41) is 21.9. The van der Waals surface area contributed by atoms with Crippen molar-refractivity contribution in [1.82, 2.24) is 0 Å². The quantitative estimate of drug-likeness (QED) is 0.320. The Hall–Kier alpha value is -2.24. The standard InChI is InChI=1S/C28H44N2O4/c1-9-17(3)29-19-13-27(5,6)15-23(33)25(19)21(31)11-12-22(32)26-20(30-18(4)10-2)14-28(7,8)16-24(26)34/h17-18,31-32H,9-16H2,1-8H3. The number of ketones is 2. The van der Waals surface area contributed by atoms with Crippen molar-refractivity contribution in [2.45, 2.75) is 119 Å². The molecule has 0 bridgehead atoms. The van der Waals surface area contributed by atoms with E-state index in [2.05, 4.69) is 0 Å². The number of allylic oxidation sites excluding steroid dienone is 4. The lowest BCUT2D eigenvalue weighted by molar-refractivity contribution is -0.118. The minimum Gasteiger partial charge on any atom is -0.511 e. The molecule has 190 valence electrons. The van der Waals surface area contributed by atoms with E-state index in [0.29, 0.717) is 48.3 Å². The molecule has 0 spiro atoms. The van der Waals surface area contributed by atoms with E-state index in [1.165, 1.54) is 0 Å². The molecule has 0 aromatic carbocycles. The molecule has 34 heavy (non-hydrogen) atoms. The number of aliphatic hydroxyl groups is 2. The molecule has 0 aromatic rings. The molecule has 0 aliphatic heterocycles. The van der Waals surface area contributed by atoms with Gasteiger partial charge in [0, 0.05) is 49.2 Å². The Morgan fingerprint density at radius 2 is 1.06 bits per heavy atom. The fraction of sp³-hybridized carbons (Fsp3) is 0.714. The molecule has 0 aromatic heterocycles. The highest BCUT2D eigenvalue weighted by atomic mass is 16.3. The maximum absolute atomic E-state index is 13.0. The minimum atomic E-state index is -0.208. The third-order valence-electron chi connectivity index (χ3n) is 6.81. The second kappa shape index (κ2) is 11.0. The molecule has 0 amide bonds. The van der Waals surface area contributed by atoms with Crippen molar-refractivity contribution in [2.24, 2.45) is 20.8 Å². The van der Waals surface area contributed by atoms with Crippen LogP contribution >= 0.6 is 0 Å². The number of aliphatic imine (C=N–C) groups is 2. The Labute approximate surface area is 205 Å². The molecule has 0 saturated heterocycles. The van der Waals surface area contributed by atoms with E-state index >= 15 is 0 Å². The van der Waals surface area contributed by atoms with Crippen molar-refractivity contribution >= 4 is 23.0 Å². The summed E-state index contributed by atoms with van der Waals surface area (Å²) >= 11 is 0. The Morgan fingerprint density at radius 1 is 0.735 bits per heavy atom. The van der Waals surface area contributed by atoms with Crippen LogP contribution in [0.3, 0.4) is 0 Å². The van der Waals surface area contributed by atoms with E-state index in [1.54, 1.807) is 0 Å². The molecule has 2 N–H and O–H groups in total. The first-order valence-electron chi connectivity index (χ1n) is 12.7. The number of rotatable bonds is 7. The second-order valence-corrected chi connectivity index (χ2v) is 11.7. The first-order chi connectivity index (χ1) is 15.7. The molecule has 6 nitrogen and oxygen atoms in total. The normalized spacial score (nSPS) is 27.6. The molecule has 0 heterocycles. The summed E-state index contributed by atoms with van der Waals surface area (Å²) in [4.78, 5) is 35.4. The first kappa shape index (κ1) is 28.0. The fourth-order valence-corrected chi connectivity index (χ4v) is 4.65. The summed E-state index contributed by atoms with van der Waals surface area (Å²) in [5.41, 5.74) is 1.47. The van der Waals surface area contributed by atoms with Crippen molar-refractivity contribution in [3.63, 3.8) is 0 Å². The average molecular weight is 473 g/mol. The molecule has 2 aliphatic rings. The monoisotopic (exact) mass is 472 g/mol. The molecular weight excluding hydrogens is 428 g/mol. The van der Waals surface area contributed by atoms with Gasteiger partial charge in [-0.1, -0.05) is 41.5 Å². The van der Waals surface area contributed by atoms with E-state index in [0.717, 1.165) is 12.8 Å². The molecule has 2 rings (SSSR count). The Bertz CT molecular complexity index is 858. The third kappa shape index (κ3) is 7.13. The van der Waals surface area contributed by atoms with Crippen LogP contribution in [0.15, 0.2) is 32.6 Å². The van der Waals surface area contributed by atoms with E-state index < -0.39 is 0 Å². The van der Waals surface area contributed by atoms with Crippen LogP contribution in [0.2, 0.25) is 0 Å². The van der Waals surface area contributed by atoms with E-state index in [9.17, 15) is 19.8 Å². The van der Waals surface area contributed by atoms with Crippen LogP contribution in [-0.2, 0) is 9.59 Å². The highest BCUT2D eigenvalue weighted by molar-refractivity contribution is 6.25. The van der Waals surface area contributed by atoms with E-state index in [4.69, 9.17) is 9.98 Å². The van der Waals surface area contributed by atoms with Gasteiger partial charge in [-0.05, 0) is 50.4 Å². The largest absolute Gasteiger partial charge is 0.511 e. The smallest absolute Gasteiger partial charge is 0.168 e. The zero-order chi connectivity index (χ0) is 25.8. The number of carbonyl (C=O) groups excluding carboxylic acids is 2. The molecule has 2 unspecified atom stereocenters. The van der Waals surface area contributed by atoms with Crippen LogP contribution < -0.4 is 0 Å². The molecule has 0 radical (unpaired) electrons. The number of aliphatic hydroxyl groups excluding tert-OH is 2. The van der Waals surface area contributed by atoms with Crippen molar-refractivity contribution in [1.29, 1.82) is 0 Å². The highest BCUT2D eigenvalue weighted by Crippen LogP contribution is 2.38. The van der Waals surface area contributed by atoms with Gasteiger partial charge in [-0.15, -0.1) is 0 Å². The lowest BCUT2D eigenvalue weighted by atomic mass is 9.72. The van der Waals surface area contributed by atoms with Crippen LogP contribution in [0.1, 0.15) is 107 Å². The molecule has 2 aliphatic carbocycles. The lowest BCUT2D eigenvalue weighted by Crippen LogP contribution is -2.34. The Kier molecular flexibility index (Phi) is 9.06. The number of hydrogen-bond acceptors (Lipinski definition) is 6. The second-order valence-electron chi connectivity index (χ2n) is 11.7. The molecule has 2 saturated carbocycles. The Balaban J connectivity index is 2.40. The predicted octanol–water partition coefficient (Wildman–Crippen LogP) is 6.65. The first-order valence-corrected chi connectivity index (χ1v) is 12.7. The van der Waals surface area contributed by atoms with E-state index in [1.807, 2.05) is 55.4 Å². The number of Topliss-reactive ketones (excluding diaryl/α,β-unsaturated/α-hetero) is 2. The summed E-state index contributed by atoms with van der Waals surface area (Å²) in [5.74, 6) is -0.340. The van der Waals surface area contributed by atoms with Gasteiger partial charge in [0.15, 0.2) is 11.6 Å². The van der Waals surface area contributed by atoms with Crippen LogP contribution in [0, 0.1) is 10.8 Å². The van der Waals surface area contributed by atoms with Crippen LogP contribution in [0.25, 0.3) is 0 Å². The minimum absolute atomic E-state index is 0.0533. The number of nitrogens with zero attached hydrogens (tertiary/aromatic N) is 2. The van der Waals surface area contributed by atoms with Gasteiger partial charge < -0.3 is 10.2 Å². The van der Waals surface area contributed by atoms with Crippen molar-refractivity contribution < 1.29 is 19.8 Å². The zero-order valence-electron chi connectivity index (χ0n) is 22.4. The zero-order valence-corrected chi connectivity index (χ0v) is 22.4. The summed E-state index contributed by atoms with van der Waals surface area (Å²) in [6.07, 6.45) is 3.76. The highest BCUT2D eigenvalue weighted by Gasteiger charge is 2.38. The van der Waals surface area contributed by atoms with Gasteiger partial charge in [0.2, 0.25) is 0 Å². The topological polar surface area (TPSA) is 99.3 Å². The predicted molar refractivity (Wildman–Crippen MR) is 139 cm³/mol. The molecule has 2 atom stereocenters. The summed E-state index contributed by atoms with van der Waals surface area (Å²) < 4.78 is 0. The van der Waals surface area contributed by atoms with Crippen molar-refractivity contribution in [2.75, 3.05) is 0 Å². The molecular formula is C28H44N2O4. The van der Waals surface area contributed by atoms with Gasteiger partial charge in [0.05, 0.1) is 11.1 Å². The van der Waals surface area contributed by atoms with Gasteiger partial charge in [-0.2, -0.15) is 0 Å². The summed E-state index contributed by atoms with van der Waals surface area (Å²) in [6.45, 7) is 16.2.